The minimum Gasteiger partial charge on any atom is -0.463 e. The van der Waals surface area contributed by atoms with Gasteiger partial charge in [-0.3, -0.25) is 9.59 Å². The fourth-order valence-corrected chi connectivity index (χ4v) is 5.98. The number of amides is 2. The molecule has 33 heavy (non-hydrogen) atoms. The third-order valence-corrected chi connectivity index (χ3v) is 7.39. The van der Waals surface area contributed by atoms with Crippen LogP contribution in [0.1, 0.15) is 43.0 Å². The van der Waals surface area contributed by atoms with Gasteiger partial charge in [-0.2, -0.15) is 4.98 Å². The predicted octanol–water partition coefficient (Wildman–Crippen LogP) is 4.50. The summed E-state index contributed by atoms with van der Waals surface area (Å²) < 4.78 is 12.6. The van der Waals surface area contributed by atoms with Crippen LogP contribution in [-0.4, -0.2) is 44.8 Å². The summed E-state index contributed by atoms with van der Waals surface area (Å²) in [7, 11) is 0. The summed E-state index contributed by atoms with van der Waals surface area (Å²) in [4.78, 5) is 35.6. The van der Waals surface area contributed by atoms with Gasteiger partial charge in [0.05, 0.1) is 10.3 Å². The molecule has 6 rings (SSSR count). The highest BCUT2D eigenvalue weighted by atomic mass is 32.1. The minimum absolute atomic E-state index is 0.00607. The molecule has 2 amide bonds. The topological polar surface area (TPSA) is 97.6 Å². The first-order valence-corrected chi connectivity index (χ1v) is 11.9. The van der Waals surface area contributed by atoms with Gasteiger partial charge in [-0.15, -0.1) is 0 Å². The molecule has 2 saturated heterocycles. The molecule has 3 aromatic heterocycles. The van der Waals surface area contributed by atoms with Gasteiger partial charge in [-0.05, 0) is 49.9 Å². The van der Waals surface area contributed by atoms with Gasteiger partial charge >= 0.3 is 0 Å². The van der Waals surface area contributed by atoms with E-state index in [9.17, 15) is 9.59 Å². The van der Waals surface area contributed by atoms with Crippen molar-refractivity contribution in [2.45, 2.75) is 50.7 Å². The van der Waals surface area contributed by atoms with Crippen molar-refractivity contribution in [3.8, 4) is 10.9 Å². The number of rotatable bonds is 4. The molecule has 2 aliphatic rings. The van der Waals surface area contributed by atoms with E-state index in [1.165, 1.54) is 17.6 Å². The molecule has 1 N–H and O–H groups in total. The van der Waals surface area contributed by atoms with E-state index in [2.05, 4.69) is 15.3 Å². The number of carbonyl (C=O) groups excluding carboxylic acids is 2. The van der Waals surface area contributed by atoms with Crippen LogP contribution in [0, 0.1) is 0 Å². The van der Waals surface area contributed by atoms with Crippen LogP contribution >= 0.6 is 11.3 Å². The van der Waals surface area contributed by atoms with E-state index in [4.69, 9.17) is 9.15 Å². The number of nitrogens with zero attached hydrogens (tertiary/aromatic N) is 3. The Morgan fingerprint density at radius 2 is 2.03 bits per heavy atom. The molecule has 2 aliphatic heterocycles. The maximum Gasteiger partial charge on any atom is 0.281 e. The summed E-state index contributed by atoms with van der Waals surface area (Å²) in [5, 5.41) is 4.29. The zero-order valence-corrected chi connectivity index (χ0v) is 18.8. The zero-order valence-electron chi connectivity index (χ0n) is 18.0. The number of furan rings is 1. The average Bonchev–Trinajstić information content (AvgIpc) is 3.46. The highest BCUT2D eigenvalue weighted by Gasteiger charge is 2.44. The Labute approximate surface area is 193 Å². The van der Waals surface area contributed by atoms with Crippen molar-refractivity contribution in [3.63, 3.8) is 0 Å². The molecular formula is C24H22N4O4S. The van der Waals surface area contributed by atoms with Crippen molar-refractivity contribution in [3.05, 3.63) is 48.4 Å². The molecular weight excluding hydrogens is 440 g/mol. The lowest BCUT2D eigenvalue weighted by Crippen LogP contribution is -2.52. The van der Waals surface area contributed by atoms with Crippen LogP contribution < -0.4 is 10.1 Å². The van der Waals surface area contributed by atoms with Crippen LogP contribution in [0.5, 0.6) is 10.9 Å². The first kappa shape index (κ1) is 20.2. The second-order valence-corrected chi connectivity index (χ2v) is 9.67. The summed E-state index contributed by atoms with van der Waals surface area (Å²) in [5.74, 6) is 0.569. The molecule has 5 heterocycles. The number of hydrogen-bond acceptors (Lipinski definition) is 7. The quantitative estimate of drug-likeness (QED) is 0.480. The van der Waals surface area contributed by atoms with Gasteiger partial charge in [0.15, 0.2) is 5.65 Å². The number of ether oxygens (including phenoxy) is 1. The Morgan fingerprint density at radius 3 is 2.79 bits per heavy atom. The van der Waals surface area contributed by atoms with Crippen LogP contribution in [0.2, 0.25) is 0 Å². The lowest BCUT2D eigenvalue weighted by Gasteiger charge is -2.39. The second-order valence-electron chi connectivity index (χ2n) is 8.68. The number of benzene rings is 1. The van der Waals surface area contributed by atoms with Gasteiger partial charge < -0.3 is 19.4 Å². The fraction of sp³-hybridized carbons (Fsp3) is 0.333. The van der Waals surface area contributed by atoms with Crippen molar-refractivity contribution in [2.24, 2.45) is 0 Å². The standard InChI is InChI=1S/C24H22N4O4S/c1-13(29)26-14-9-15-4-5-16(10-14)28(15)23(30)19-12-31-20-11-17(6-7-18(19)20)32-24-27-22-21(33-24)3-2-8-25-22/h2-3,6-8,11-12,14-16H,4-5,9-10H2,1H3,(H,26,29). The fourth-order valence-electron chi connectivity index (χ4n) is 5.18. The Kier molecular flexibility index (Phi) is 4.79. The summed E-state index contributed by atoms with van der Waals surface area (Å²) in [5.41, 5.74) is 1.81. The molecule has 1 aromatic carbocycles. The molecule has 168 valence electrons. The third kappa shape index (κ3) is 3.62. The van der Waals surface area contributed by atoms with Crippen LogP contribution in [0.4, 0.5) is 0 Å². The lowest BCUT2D eigenvalue weighted by molar-refractivity contribution is -0.120. The van der Waals surface area contributed by atoms with E-state index in [-0.39, 0.29) is 29.9 Å². The maximum absolute atomic E-state index is 13.5. The minimum atomic E-state index is -0.0138. The number of fused-ring (bicyclic) bond motifs is 4. The Bertz CT molecular complexity index is 1330. The van der Waals surface area contributed by atoms with E-state index < -0.39 is 0 Å². The summed E-state index contributed by atoms with van der Waals surface area (Å²) in [6.07, 6.45) is 6.78. The highest BCUT2D eigenvalue weighted by Crippen LogP contribution is 2.39. The van der Waals surface area contributed by atoms with Gasteiger partial charge in [0.2, 0.25) is 5.91 Å². The average molecular weight is 463 g/mol. The molecule has 0 aliphatic carbocycles. The number of aromatic nitrogens is 2. The molecule has 4 aromatic rings. The smallest absolute Gasteiger partial charge is 0.281 e. The molecule has 2 fully saturated rings. The van der Waals surface area contributed by atoms with Crippen molar-refractivity contribution in [2.75, 3.05) is 0 Å². The SMILES string of the molecule is CC(=O)NC1CC2CCC(C1)N2C(=O)c1coc2cc(Oc3nc4ncccc4s3)ccc12. The number of piperidine rings is 1. The van der Waals surface area contributed by atoms with Gasteiger partial charge in [-0.25, -0.2) is 4.98 Å². The molecule has 2 unspecified atom stereocenters. The lowest BCUT2D eigenvalue weighted by atomic mass is 9.96. The zero-order chi connectivity index (χ0) is 22.5. The van der Waals surface area contributed by atoms with E-state index in [0.717, 1.165) is 35.8 Å². The van der Waals surface area contributed by atoms with E-state index in [1.54, 1.807) is 19.2 Å². The number of pyridine rings is 1. The number of thiazole rings is 1. The largest absolute Gasteiger partial charge is 0.463 e. The van der Waals surface area contributed by atoms with Gasteiger partial charge in [0.25, 0.3) is 11.1 Å². The maximum atomic E-state index is 13.5. The molecule has 8 nitrogen and oxygen atoms in total. The van der Waals surface area contributed by atoms with E-state index in [0.29, 0.717) is 27.7 Å². The van der Waals surface area contributed by atoms with Crippen LogP contribution in [-0.2, 0) is 4.79 Å². The van der Waals surface area contributed by atoms with Crippen LogP contribution in [0.3, 0.4) is 0 Å². The summed E-state index contributed by atoms with van der Waals surface area (Å²) in [6.45, 7) is 1.54. The molecule has 9 heteroatoms. The van der Waals surface area contributed by atoms with Crippen LogP contribution in [0.15, 0.2) is 47.2 Å². The number of carbonyl (C=O) groups is 2. The van der Waals surface area contributed by atoms with Crippen molar-refractivity contribution in [1.82, 2.24) is 20.2 Å². The number of nitrogens with one attached hydrogen (secondary N) is 1. The number of hydrogen-bond donors (Lipinski definition) is 1. The van der Waals surface area contributed by atoms with Crippen molar-refractivity contribution < 1.29 is 18.7 Å². The summed E-state index contributed by atoms with van der Waals surface area (Å²) in [6, 6.07) is 9.72. The Hall–Kier alpha value is -3.46. The first-order chi connectivity index (χ1) is 16.0. The second kappa shape index (κ2) is 7.84. The van der Waals surface area contributed by atoms with Gasteiger partial charge in [0.1, 0.15) is 17.6 Å². The third-order valence-electron chi connectivity index (χ3n) is 6.50. The van der Waals surface area contributed by atoms with Crippen molar-refractivity contribution in [1.29, 1.82) is 0 Å². The monoisotopic (exact) mass is 462 g/mol. The first-order valence-electron chi connectivity index (χ1n) is 11.1. The Morgan fingerprint density at radius 1 is 1.21 bits per heavy atom. The van der Waals surface area contributed by atoms with E-state index in [1.807, 2.05) is 29.2 Å². The highest BCUT2D eigenvalue weighted by molar-refractivity contribution is 7.20. The Balaban J connectivity index is 1.23. The van der Waals surface area contributed by atoms with Crippen molar-refractivity contribution >= 4 is 44.5 Å². The molecule has 0 spiro atoms. The summed E-state index contributed by atoms with van der Waals surface area (Å²) >= 11 is 1.42. The normalized spacial score (nSPS) is 22.1. The molecule has 2 bridgehead atoms. The molecule has 0 radical (unpaired) electrons. The molecule has 0 saturated carbocycles. The van der Waals surface area contributed by atoms with Gasteiger partial charge in [-0.1, -0.05) is 11.3 Å². The van der Waals surface area contributed by atoms with Crippen LogP contribution in [0.25, 0.3) is 21.3 Å². The van der Waals surface area contributed by atoms with Gasteiger partial charge in [0, 0.05) is 42.7 Å². The predicted molar refractivity (Wildman–Crippen MR) is 124 cm³/mol. The molecule has 2 atom stereocenters. The van der Waals surface area contributed by atoms with E-state index >= 15 is 0 Å².